The second-order valence-electron chi connectivity index (χ2n) is 6.93. The van der Waals surface area contributed by atoms with E-state index in [2.05, 4.69) is 26.4 Å². The van der Waals surface area contributed by atoms with Crippen molar-refractivity contribution in [2.75, 3.05) is 32.7 Å². The van der Waals surface area contributed by atoms with Crippen molar-refractivity contribution in [3.63, 3.8) is 0 Å². The van der Waals surface area contributed by atoms with E-state index in [1.807, 2.05) is 24.3 Å². The van der Waals surface area contributed by atoms with E-state index < -0.39 is 0 Å². The van der Waals surface area contributed by atoms with Crippen molar-refractivity contribution in [2.45, 2.75) is 13.5 Å². The van der Waals surface area contributed by atoms with E-state index in [-0.39, 0.29) is 11.7 Å². The minimum absolute atomic E-state index is 0.140. The van der Waals surface area contributed by atoms with Crippen LogP contribution in [0.2, 0.25) is 5.02 Å². The third kappa shape index (κ3) is 5.79. The molecule has 3 rings (SSSR count). The van der Waals surface area contributed by atoms with Crippen molar-refractivity contribution in [1.29, 1.82) is 0 Å². The molecule has 1 heterocycles. The van der Waals surface area contributed by atoms with Crippen LogP contribution < -0.4 is 5.43 Å². The summed E-state index contributed by atoms with van der Waals surface area (Å²) in [6.45, 7) is 6.38. The molecule has 0 aromatic heterocycles. The average Bonchev–Trinajstić information content (AvgIpc) is 2.69. The van der Waals surface area contributed by atoms with Gasteiger partial charge in [-0.25, -0.2) is 5.43 Å². The first-order valence-electron chi connectivity index (χ1n) is 9.32. The van der Waals surface area contributed by atoms with Gasteiger partial charge in [0.2, 0.25) is 0 Å². The van der Waals surface area contributed by atoms with Crippen molar-refractivity contribution >= 4 is 23.2 Å². The number of piperazine rings is 1. The molecule has 28 heavy (non-hydrogen) atoms. The van der Waals surface area contributed by atoms with Crippen LogP contribution in [0.5, 0.6) is 5.75 Å². The van der Waals surface area contributed by atoms with Gasteiger partial charge in [-0.05, 0) is 30.7 Å². The zero-order chi connectivity index (χ0) is 19.9. The normalized spacial score (nSPS) is 16.1. The molecule has 1 aliphatic rings. The number of carbonyl (C=O) groups excluding carboxylic acids is 1. The first-order valence-corrected chi connectivity index (χ1v) is 9.70. The third-order valence-corrected chi connectivity index (χ3v) is 5.16. The van der Waals surface area contributed by atoms with Gasteiger partial charge >= 0.3 is 0 Å². The summed E-state index contributed by atoms with van der Waals surface area (Å²) >= 11 is 6.24. The Balaban J connectivity index is 1.43. The van der Waals surface area contributed by atoms with Gasteiger partial charge in [-0.3, -0.25) is 14.6 Å². The molecule has 2 aromatic rings. The molecular weight excluding hydrogens is 376 g/mol. The molecule has 7 heteroatoms. The van der Waals surface area contributed by atoms with Gasteiger partial charge in [0.05, 0.1) is 12.3 Å². The molecular formula is C21H25ClN4O2. The molecule has 0 unspecified atom stereocenters. The fraction of sp³-hybridized carbons (Fsp3) is 0.333. The van der Waals surface area contributed by atoms with E-state index in [9.17, 15) is 9.90 Å². The molecule has 6 nitrogen and oxygen atoms in total. The number of halogens is 1. The maximum atomic E-state index is 12.2. The topological polar surface area (TPSA) is 68.2 Å². The lowest BCUT2D eigenvalue weighted by atomic mass is 10.1. The molecule has 1 aliphatic heterocycles. The summed E-state index contributed by atoms with van der Waals surface area (Å²) in [5.41, 5.74) is 5.15. The van der Waals surface area contributed by atoms with Crippen LogP contribution in [0, 0.1) is 0 Å². The quantitative estimate of drug-likeness (QED) is 0.578. The number of benzene rings is 2. The molecule has 2 N–H and O–H groups in total. The highest BCUT2D eigenvalue weighted by molar-refractivity contribution is 6.31. The number of hydrazone groups is 1. The molecule has 1 fully saturated rings. The standard InChI is InChI=1S/C21H25ClN4O2/c1-16(17-6-4-7-19(27)13-17)23-24-21(28)15-26-11-9-25(10-12-26)14-18-5-2-3-8-20(18)22/h2-8,13,27H,9-12,14-15H2,1H3,(H,24,28)/b23-16-. The van der Waals surface area contributed by atoms with Gasteiger partial charge in [-0.1, -0.05) is 41.9 Å². The summed E-state index contributed by atoms with van der Waals surface area (Å²) in [7, 11) is 0. The van der Waals surface area contributed by atoms with Crippen molar-refractivity contribution in [3.05, 3.63) is 64.7 Å². The van der Waals surface area contributed by atoms with E-state index in [1.165, 1.54) is 0 Å². The molecule has 148 valence electrons. The van der Waals surface area contributed by atoms with Crippen LogP contribution in [0.3, 0.4) is 0 Å². The number of nitrogens with one attached hydrogen (secondary N) is 1. The Labute approximate surface area is 170 Å². The number of aromatic hydroxyl groups is 1. The largest absolute Gasteiger partial charge is 0.508 e. The van der Waals surface area contributed by atoms with Gasteiger partial charge < -0.3 is 5.11 Å². The van der Waals surface area contributed by atoms with Gasteiger partial charge in [-0.15, -0.1) is 0 Å². The molecule has 2 aromatic carbocycles. The maximum Gasteiger partial charge on any atom is 0.254 e. The van der Waals surface area contributed by atoms with Crippen molar-refractivity contribution < 1.29 is 9.90 Å². The summed E-state index contributed by atoms with van der Waals surface area (Å²) in [6, 6.07) is 14.7. The minimum atomic E-state index is -0.140. The molecule has 0 radical (unpaired) electrons. The lowest BCUT2D eigenvalue weighted by Crippen LogP contribution is -2.48. The minimum Gasteiger partial charge on any atom is -0.508 e. The highest BCUT2D eigenvalue weighted by Gasteiger charge is 2.19. The lowest BCUT2D eigenvalue weighted by Gasteiger charge is -2.34. The number of hydrogen-bond acceptors (Lipinski definition) is 5. The van der Waals surface area contributed by atoms with Crippen LogP contribution >= 0.6 is 11.6 Å². The summed E-state index contributed by atoms with van der Waals surface area (Å²) in [6.07, 6.45) is 0. The van der Waals surface area contributed by atoms with Gasteiger partial charge in [0.1, 0.15) is 5.75 Å². The molecule has 0 atom stereocenters. The Bertz CT molecular complexity index is 848. The van der Waals surface area contributed by atoms with Crippen LogP contribution in [0.4, 0.5) is 0 Å². The number of phenols is 1. The Morgan fingerprint density at radius 3 is 2.54 bits per heavy atom. The fourth-order valence-corrected chi connectivity index (χ4v) is 3.35. The first-order chi connectivity index (χ1) is 13.5. The van der Waals surface area contributed by atoms with Crippen molar-refractivity contribution in [3.8, 4) is 5.75 Å². The van der Waals surface area contributed by atoms with E-state index in [0.29, 0.717) is 12.3 Å². The number of phenolic OH excluding ortho intramolecular Hbond substituents is 1. The van der Waals surface area contributed by atoms with Crippen LogP contribution in [0.1, 0.15) is 18.1 Å². The van der Waals surface area contributed by atoms with E-state index in [4.69, 9.17) is 11.6 Å². The smallest absolute Gasteiger partial charge is 0.254 e. The van der Waals surface area contributed by atoms with E-state index in [1.54, 1.807) is 25.1 Å². The van der Waals surface area contributed by atoms with Crippen LogP contribution in [0.15, 0.2) is 53.6 Å². The van der Waals surface area contributed by atoms with Gasteiger partial charge in [0.25, 0.3) is 5.91 Å². The highest BCUT2D eigenvalue weighted by Crippen LogP contribution is 2.18. The number of hydrogen-bond donors (Lipinski definition) is 2. The SMILES string of the molecule is C/C(=N/NC(=O)CN1CCN(Cc2ccccc2Cl)CC1)c1cccc(O)c1. The second-order valence-corrected chi connectivity index (χ2v) is 7.33. The maximum absolute atomic E-state index is 12.2. The molecule has 0 aliphatic carbocycles. The molecule has 0 saturated carbocycles. The van der Waals surface area contributed by atoms with Crippen LogP contribution in [-0.2, 0) is 11.3 Å². The van der Waals surface area contributed by atoms with Crippen molar-refractivity contribution in [1.82, 2.24) is 15.2 Å². The Morgan fingerprint density at radius 1 is 1.11 bits per heavy atom. The Hall–Kier alpha value is -2.41. The van der Waals surface area contributed by atoms with Gasteiger partial charge in [0.15, 0.2) is 0 Å². The number of carbonyl (C=O) groups is 1. The van der Waals surface area contributed by atoms with Crippen LogP contribution in [0.25, 0.3) is 0 Å². The Morgan fingerprint density at radius 2 is 1.82 bits per heavy atom. The molecule has 1 saturated heterocycles. The molecule has 0 bridgehead atoms. The number of rotatable bonds is 6. The number of amides is 1. The zero-order valence-electron chi connectivity index (χ0n) is 15.9. The Kier molecular flexibility index (Phi) is 7.03. The van der Waals surface area contributed by atoms with Gasteiger partial charge in [0, 0.05) is 43.3 Å². The monoisotopic (exact) mass is 400 g/mol. The predicted molar refractivity (Wildman–Crippen MR) is 112 cm³/mol. The fourth-order valence-electron chi connectivity index (χ4n) is 3.15. The molecule has 1 amide bonds. The summed E-state index contributed by atoms with van der Waals surface area (Å²) < 4.78 is 0. The summed E-state index contributed by atoms with van der Waals surface area (Å²) in [5.74, 6) is 0.0343. The van der Waals surface area contributed by atoms with E-state index in [0.717, 1.165) is 48.9 Å². The summed E-state index contributed by atoms with van der Waals surface area (Å²) in [5, 5.41) is 14.5. The van der Waals surface area contributed by atoms with E-state index >= 15 is 0 Å². The summed E-state index contributed by atoms with van der Waals surface area (Å²) in [4.78, 5) is 16.7. The highest BCUT2D eigenvalue weighted by atomic mass is 35.5. The zero-order valence-corrected chi connectivity index (χ0v) is 16.7. The number of nitrogens with zero attached hydrogens (tertiary/aromatic N) is 3. The van der Waals surface area contributed by atoms with Crippen molar-refractivity contribution in [2.24, 2.45) is 5.10 Å². The van der Waals surface area contributed by atoms with Crippen LogP contribution in [-0.4, -0.2) is 59.2 Å². The molecule has 0 spiro atoms. The predicted octanol–water partition coefficient (Wildman–Crippen LogP) is 2.70. The first kappa shape index (κ1) is 20.3. The second kappa shape index (κ2) is 9.68. The van der Waals surface area contributed by atoms with Gasteiger partial charge in [-0.2, -0.15) is 5.10 Å². The average molecular weight is 401 g/mol. The third-order valence-electron chi connectivity index (χ3n) is 4.80. The lowest BCUT2D eigenvalue weighted by molar-refractivity contribution is -0.122.